The maximum atomic E-state index is 14.3. The van der Waals surface area contributed by atoms with Crippen LogP contribution in [0, 0.1) is 17.5 Å². The summed E-state index contributed by atoms with van der Waals surface area (Å²) in [5, 5.41) is 23.5. The third-order valence-electron chi connectivity index (χ3n) is 6.52. The molecule has 0 saturated heterocycles. The van der Waals surface area contributed by atoms with Gasteiger partial charge in [-0.2, -0.15) is 0 Å². The lowest BCUT2D eigenvalue weighted by atomic mass is 10.1. The first-order chi connectivity index (χ1) is 20.4. The molecule has 0 bridgehead atoms. The summed E-state index contributed by atoms with van der Waals surface area (Å²) in [5.74, 6) is -3.10. The van der Waals surface area contributed by atoms with Crippen LogP contribution >= 0.6 is 12.2 Å². The fourth-order valence-electron chi connectivity index (χ4n) is 4.27. The van der Waals surface area contributed by atoms with Gasteiger partial charge in [0, 0.05) is 13.1 Å². The van der Waals surface area contributed by atoms with E-state index >= 15 is 0 Å². The van der Waals surface area contributed by atoms with Gasteiger partial charge in [-0.3, -0.25) is 19.2 Å². The number of nitrogens with one attached hydrogen (secondary N) is 4. The van der Waals surface area contributed by atoms with Crippen molar-refractivity contribution in [3.05, 3.63) is 107 Å². The largest absolute Gasteiger partial charge is 0.478 e. The van der Waals surface area contributed by atoms with Crippen molar-refractivity contribution in [1.82, 2.24) is 30.2 Å². The Morgan fingerprint density at radius 1 is 1.02 bits per heavy atom. The Bertz CT molecular complexity index is 2100. The topological polar surface area (TPSA) is 214 Å². The molecule has 5 aromatic rings. The van der Waals surface area contributed by atoms with Gasteiger partial charge in [0.1, 0.15) is 28.6 Å². The van der Waals surface area contributed by atoms with E-state index in [4.69, 9.17) is 18.0 Å². The molecule has 5 rings (SSSR count). The number of amides is 2. The molecule has 14 nitrogen and oxygen atoms in total. The fourth-order valence-corrected chi connectivity index (χ4v) is 4.49. The molecule has 16 heteroatoms. The highest BCUT2D eigenvalue weighted by atomic mass is 32.1. The van der Waals surface area contributed by atoms with Gasteiger partial charge in [0.25, 0.3) is 28.4 Å². The number of fused-ring (bicyclic) bond motifs is 1. The van der Waals surface area contributed by atoms with Gasteiger partial charge >= 0.3 is 5.97 Å². The number of anilines is 3. The van der Waals surface area contributed by atoms with E-state index in [1.807, 2.05) is 0 Å². The normalized spacial score (nSPS) is 11.0. The minimum Gasteiger partial charge on any atom is -0.478 e. The number of nitrogens with zero attached hydrogens (tertiary/aromatic N) is 3. The van der Waals surface area contributed by atoms with Crippen LogP contribution < -0.4 is 32.5 Å². The number of hydrogen-bond donors (Lipinski definition) is 6. The zero-order valence-corrected chi connectivity index (χ0v) is 23.0. The highest BCUT2D eigenvalue weighted by molar-refractivity contribution is 7.71. The lowest BCUT2D eigenvalue weighted by Crippen LogP contribution is -2.36. The second kappa shape index (κ2) is 11.2. The average Bonchev–Trinajstić information content (AvgIpc) is 3.37. The van der Waals surface area contributed by atoms with Crippen LogP contribution in [0.15, 0.2) is 52.1 Å². The number of carboxylic acid groups (broad SMARTS) is 1. The van der Waals surface area contributed by atoms with Gasteiger partial charge in [0.15, 0.2) is 0 Å². The number of halogens is 1. The van der Waals surface area contributed by atoms with Crippen LogP contribution in [0.3, 0.4) is 0 Å². The standard InChI is InChI=1S/C27H21FN8O6S/c1-11-6-12(2-4-14(11)25(41)42)9-31-24(40)18-8-17(33-26-34-35-27(43)36(18)26)23(39)30-10-13-3-5-15(28)16(7-13)32-20-19(29)21(37)22(20)38/h2-8,32H,9-10,29H2,1H3,(H,30,39)(H,31,40)(H,35,43)(H,41,42). The van der Waals surface area contributed by atoms with Gasteiger partial charge in [-0.05, 0) is 60.1 Å². The number of carbonyl (C=O) groups excluding carboxylic acids is 2. The highest BCUT2D eigenvalue weighted by Gasteiger charge is 2.21. The lowest BCUT2D eigenvalue weighted by Gasteiger charge is -2.13. The Morgan fingerprint density at radius 2 is 1.70 bits per heavy atom. The van der Waals surface area contributed by atoms with E-state index in [9.17, 15) is 33.5 Å². The van der Waals surface area contributed by atoms with Crippen molar-refractivity contribution < 1.29 is 23.9 Å². The molecule has 3 aromatic carbocycles. The van der Waals surface area contributed by atoms with E-state index < -0.39 is 34.5 Å². The second-order valence-electron chi connectivity index (χ2n) is 9.40. The Balaban J connectivity index is 1.33. The predicted molar refractivity (Wildman–Crippen MR) is 154 cm³/mol. The van der Waals surface area contributed by atoms with Gasteiger partial charge in [-0.1, -0.05) is 18.2 Å². The third kappa shape index (κ3) is 5.58. The minimum atomic E-state index is -1.06. The van der Waals surface area contributed by atoms with Crippen LogP contribution in [0.25, 0.3) is 5.78 Å². The summed E-state index contributed by atoms with van der Waals surface area (Å²) >= 11 is 5.22. The third-order valence-corrected chi connectivity index (χ3v) is 6.79. The summed E-state index contributed by atoms with van der Waals surface area (Å²) in [4.78, 5) is 64.7. The molecule has 2 heterocycles. The van der Waals surface area contributed by atoms with E-state index in [1.54, 1.807) is 19.1 Å². The number of nitrogen functional groups attached to an aromatic ring is 1. The van der Waals surface area contributed by atoms with Gasteiger partial charge < -0.3 is 26.8 Å². The van der Waals surface area contributed by atoms with Crippen molar-refractivity contribution >= 4 is 52.8 Å². The smallest absolute Gasteiger partial charge is 0.335 e. The van der Waals surface area contributed by atoms with Crippen molar-refractivity contribution in [2.24, 2.45) is 0 Å². The molecule has 43 heavy (non-hydrogen) atoms. The molecule has 2 aromatic heterocycles. The Kier molecular flexibility index (Phi) is 7.52. The Hall–Kier alpha value is -5.77. The number of aryl methyl sites for hydroxylation is 1. The second-order valence-corrected chi connectivity index (χ2v) is 9.78. The van der Waals surface area contributed by atoms with Gasteiger partial charge in [0.05, 0.1) is 11.3 Å². The number of benzene rings is 2. The number of hydrogen-bond acceptors (Lipinski definition) is 10. The van der Waals surface area contributed by atoms with Gasteiger partial charge in [0.2, 0.25) is 4.77 Å². The molecule has 218 valence electrons. The SMILES string of the molecule is Cc1cc(CNC(=O)c2cc(C(=O)NCc3ccc(F)c(Nc4c(N)c(=O)c4=O)c3)nc3n[nH]c(=S)n23)ccc1C(=O)O. The zero-order chi connectivity index (χ0) is 31.0. The first kappa shape index (κ1) is 28.7. The van der Waals surface area contributed by atoms with Crippen molar-refractivity contribution in [2.45, 2.75) is 20.0 Å². The van der Waals surface area contributed by atoms with Crippen LogP contribution in [0.1, 0.15) is 48.0 Å². The molecule has 7 N–H and O–H groups in total. The van der Waals surface area contributed by atoms with Crippen LogP contribution in [-0.4, -0.2) is 42.5 Å². The number of nitrogens with two attached hydrogens (primary N) is 1. The van der Waals surface area contributed by atoms with Crippen molar-refractivity contribution in [3.8, 4) is 0 Å². The summed E-state index contributed by atoms with van der Waals surface area (Å²) < 4.78 is 15.6. The molecule has 0 radical (unpaired) electrons. The van der Waals surface area contributed by atoms with E-state index in [1.165, 1.54) is 28.7 Å². The fraction of sp³-hybridized carbons (Fsp3) is 0.111. The monoisotopic (exact) mass is 604 g/mol. The summed E-state index contributed by atoms with van der Waals surface area (Å²) in [6, 6.07) is 9.74. The molecule has 0 fully saturated rings. The number of carboxylic acids is 1. The van der Waals surface area contributed by atoms with E-state index in [-0.39, 0.29) is 57.7 Å². The number of H-pyrrole nitrogens is 1. The zero-order valence-electron chi connectivity index (χ0n) is 22.1. The Labute approximate surface area is 245 Å². The number of aromatic amines is 1. The lowest BCUT2D eigenvalue weighted by molar-refractivity contribution is 0.0695. The molecule has 0 unspecified atom stereocenters. The van der Waals surface area contributed by atoms with Crippen molar-refractivity contribution in [2.75, 3.05) is 11.1 Å². The minimum absolute atomic E-state index is 0.0355. The molecule has 0 atom stereocenters. The average molecular weight is 605 g/mol. The molecule has 0 saturated carbocycles. The van der Waals surface area contributed by atoms with Gasteiger partial charge in [-0.15, -0.1) is 5.10 Å². The van der Waals surface area contributed by atoms with E-state index in [0.29, 0.717) is 16.7 Å². The molecule has 0 aliphatic rings. The van der Waals surface area contributed by atoms with Crippen LogP contribution in [0.4, 0.5) is 21.5 Å². The number of carbonyl (C=O) groups is 3. The maximum absolute atomic E-state index is 14.3. The first-order valence-corrected chi connectivity index (χ1v) is 12.9. The molecule has 2 amide bonds. The van der Waals surface area contributed by atoms with Gasteiger partial charge in [-0.25, -0.2) is 23.7 Å². The maximum Gasteiger partial charge on any atom is 0.335 e. The first-order valence-electron chi connectivity index (χ1n) is 12.5. The van der Waals surface area contributed by atoms with Crippen molar-refractivity contribution in [3.63, 3.8) is 0 Å². The van der Waals surface area contributed by atoms with Crippen LogP contribution in [0.5, 0.6) is 0 Å². The van der Waals surface area contributed by atoms with Crippen LogP contribution in [0.2, 0.25) is 0 Å². The number of rotatable bonds is 9. The number of aromatic carboxylic acids is 1. The molecule has 0 aliphatic heterocycles. The van der Waals surface area contributed by atoms with Crippen molar-refractivity contribution in [1.29, 1.82) is 0 Å². The molecular formula is C27H21FN8O6S. The Morgan fingerprint density at radius 3 is 2.37 bits per heavy atom. The summed E-state index contributed by atoms with van der Waals surface area (Å²) in [6.07, 6.45) is 0. The quantitative estimate of drug-likeness (QED) is 0.105. The number of aromatic nitrogens is 4. The highest BCUT2D eigenvalue weighted by Crippen LogP contribution is 2.22. The summed E-state index contributed by atoms with van der Waals surface area (Å²) in [7, 11) is 0. The summed E-state index contributed by atoms with van der Waals surface area (Å²) in [6.45, 7) is 1.60. The summed E-state index contributed by atoms with van der Waals surface area (Å²) in [5.41, 5.74) is 4.71. The molecule has 0 aliphatic carbocycles. The molecular weight excluding hydrogens is 583 g/mol. The van der Waals surface area contributed by atoms with E-state index in [2.05, 4.69) is 31.1 Å². The predicted octanol–water partition coefficient (Wildman–Crippen LogP) is 1.71. The van der Waals surface area contributed by atoms with Crippen LogP contribution in [-0.2, 0) is 13.1 Å². The molecule has 0 spiro atoms. The van der Waals surface area contributed by atoms with E-state index in [0.717, 1.165) is 6.07 Å².